The maximum Gasteiger partial charge on any atom is 0.261 e. The zero-order valence-corrected chi connectivity index (χ0v) is 16.0. The first-order chi connectivity index (χ1) is 13.5. The van der Waals surface area contributed by atoms with Crippen LogP contribution in [0, 0.1) is 5.82 Å². The smallest absolute Gasteiger partial charge is 0.261 e. The average Bonchev–Trinajstić information content (AvgIpc) is 3.24. The van der Waals surface area contributed by atoms with E-state index < -0.39 is 6.04 Å². The van der Waals surface area contributed by atoms with Crippen LogP contribution in [0.3, 0.4) is 0 Å². The molecule has 3 aromatic rings. The van der Waals surface area contributed by atoms with Gasteiger partial charge in [-0.15, -0.1) is 11.3 Å². The second-order valence-electron chi connectivity index (χ2n) is 6.09. The van der Waals surface area contributed by atoms with Gasteiger partial charge in [-0.3, -0.25) is 9.59 Å². The molecule has 0 saturated carbocycles. The molecule has 1 heterocycles. The monoisotopic (exact) mass is 398 g/mol. The molecule has 28 heavy (non-hydrogen) atoms. The van der Waals surface area contributed by atoms with Crippen molar-refractivity contribution in [2.75, 3.05) is 0 Å². The minimum absolute atomic E-state index is 0.264. The molecule has 3 rings (SSSR count). The van der Waals surface area contributed by atoms with Crippen molar-refractivity contribution in [2.45, 2.75) is 19.5 Å². The fourth-order valence-corrected chi connectivity index (χ4v) is 3.02. The predicted octanol–water partition coefficient (Wildman–Crippen LogP) is 4.11. The summed E-state index contributed by atoms with van der Waals surface area (Å²) in [5.41, 5.74) is 0.886. The lowest BCUT2D eigenvalue weighted by molar-refractivity contribution is -0.122. The molecule has 5 nitrogen and oxygen atoms in total. The maximum atomic E-state index is 12.9. The van der Waals surface area contributed by atoms with E-state index in [1.165, 1.54) is 23.5 Å². The van der Waals surface area contributed by atoms with E-state index in [2.05, 4.69) is 10.6 Å². The summed E-state index contributed by atoms with van der Waals surface area (Å²) in [7, 11) is 0. The third-order valence-corrected chi connectivity index (χ3v) is 4.79. The Morgan fingerprint density at radius 1 is 1.04 bits per heavy atom. The number of thiophene rings is 1. The highest BCUT2D eigenvalue weighted by atomic mass is 32.1. The first-order valence-corrected chi connectivity index (χ1v) is 9.53. The number of rotatable bonds is 7. The predicted molar refractivity (Wildman–Crippen MR) is 106 cm³/mol. The molecule has 1 aromatic heterocycles. The van der Waals surface area contributed by atoms with E-state index in [4.69, 9.17) is 4.74 Å². The van der Waals surface area contributed by atoms with Gasteiger partial charge in [0.15, 0.2) is 0 Å². The van der Waals surface area contributed by atoms with E-state index in [1.807, 2.05) is 17.5 Å². The van der Waals surface area contributed by atoms with Crippen LogP contribution < -0.4 is 15.4 Å². The minimum atomic E-state index is -0.643. The fraction of sp³-hybridized carbons (Fsp3) is 0.143. The zero-order valence-electron chi connectivity index (χ0n) is 15.1. The molecule has 2 N–H and O–H groups in total. The van der Waals surface area contributed by atoms with E-state index in [9.17, 15) is 14.0 Å². The Labute approximate surface area is 166 Å². The molecular formula is C21H19FN2O3S. The van der Waals surface area contributed by atoms with Crippen LogP contribution in [0.2, 0.25) is 0 Å². The van der Waals surface area contributed by atoms with E-state index in [0.717, 1.165) is 5.56 Å². The van der Waals surface area contributed by atoms with Crippen LogP contribution in [0.1, 0.15) is 22.2 Å². The molecule has 144 valence electrons. The molecule has 0 aliphatic heterocycles. The number of benzene rings is 2. The van der Waals surface area contributed by atoms with Gasteiger partial charge >= 0.3 is 0 Å². The van der Waals surface area contributed by atoms with Crippen LogP contribution in [-0.4, -0.2) is 17.9 Å². The largest absolute Gasteiger partial charge is 0.457 e. The van der Waals surface area contributed by atoms with Crippen molar-refractivity contribution in [3.8, 4) is 11.5 Å². The van der Waals surface area contributed by atoms with Crippen molar-refractivity contribution in [1.29, 1.82) is 0 Å². The van der Waals surface area contributed by atoms with Gasteiger partial charge in [0.05, 0.1) is 4.88 Å². The quantitative estimate of drug-likeness (QED) is 0.629. The van der Waals surface area contributed by atoms with Gasteiger partial charge in [0.1, 0.15) is 23.4 Å². The number of halogens is 1. The van der Waals surface area contributed by atoms with E-state index in [-0.39, 0.29) is 17.6 Å². The maximum absolute atomic E-state index is 12.9. The second-order valence-corrected chi connectivity index (χ2v) is 7.04. The lowest BCUT2D eigenvalue weighted by Crippen LogP contribution is -2.44. The van der Waals surface area contributed by atoms with Crippen molar-refractivity contribution in [2.24, 2.45) is 0 Å². The van der Waals surface area contributed by atoms with Crippen molar-refractivity contribution in [3.05, 3.63) is 82.3 Å². The third kappa shape index (κ3) is 5.40. The minimum Gasteiger partial charge on any atom is -0.457 e. The Kier molecular flexibility index (Phi) is 6.39. The number of carbonyl (C=O) groups is 2. The van der Waals surface area contributed by atoms with Crippen molar-refractivity contribution in [3.63, 3.8) is 0 Å². The number of hydrogen-bond acceptors (Lipinski definition) is 4. The van der Waals surface area contributed by atoms with Crippen LogP contribution in [0.25, 0.3) is 0 Å². The molecule has 0 radical (unpaired) electrons. The molecule has 0 aliphatic carbocycles. The highest BCUT2D eigenvalue weighted by molar-refractivity contribution is 7.12. The molecule has 1 atom stereocenters. The molecule has 0 bridgehead atoms. The summed E-state index contributed by atoms with van der Waals surface area (Å²) < 4.78 is 18.5. The zero-order chi connectivity index (χ0) is 19.9. The van der Waals surface area contributed by atoms with Gasteiger partial charge in [-0.25, -0.2) is 4.39 Å². The van der Waals surface area contributed by atoms with Gasteiger partial charge in [0.25, 0.3) is 5.91 Å². The summed E-state index contributed by atoms with van der Waals surface area (Å²) in [5, 5.41) is 7.27. The first-order valence-electron chi connectivity index (χ1n) is 8.66. The molecule has 7 heteroatoms. The topological polar surface area (TPSA) is 67.4 Å². The Balaban J connectivity index is 1.48. The van der Waals surface area contributed by atoms with Crippen molar-refractivity contribution in [1.82, 2.24) is 10.6 Å². The molecule has 0 spiro atoms. The van der Waals surface area contributed by atoms with Crippen LogP contribution in [-0.2, 0) is 11.3 Å². The number of ether oxygens (including phenoxy) is 1. The number of nitrogens with one attached hydrogen (secondary N) is 2. The van der Waals surface area contributed by atoms with Gasteiger partial charge in [-0.05, 0) is 60.3 Å². The van der Waals surface area contributed by atoms with Gasteiger partial charge in [0, 0.05) is 6.54 Å². The summed E-state index contributed by atoms with van der Waals surface area (Å²) in [4.78, 5) is 24.7. The molecular weight excluding hydrogens is 379 g/mol. The average molecular weight is 398 g/mol. The summed E-state index contributed by atoms with van der Waals surface area (Å²) in [6.45, 7) is 1.97. The molecule has 0 fully saturated rings. The van der Waals surface area contributed by atoms with Crippen LogP contribution in [0.4, 0.5) is 4.39 Å². The van der Waals surface area contributed by atoms with Crippen LogP contribution in [0.5, 0.6) is 11.5 Å². The highest BCUT2D eigenvalue weighted by Crippen LogP contribution is 2.21. The number of carbonyl (C=O) groups excluding carboxylic acids is 2. The summed E-state index contributed by atoms with van der Waals surface area (Å²) in [6, 6.07) is 15.8. The molecule has 1 unspecified atom stereocenters. The van der Waals surface area contributed by atoms with Crippen molar-refractivity contribution >= 4 is 23.2 Å². The van der Waals surface area contributed by atoms with Gasteiger partial charge in [-0.2, -0.15) is 0 Å². The van der Waals surface area contributed by atoms with E-state index in [0.29, 0.717) is 22.9 Å². The highest BCUT2D eigenvalue weighted by Gasteiger charge is 2.16. The lowest BCUT2D eigenvalue weighted by Gasteiger charge is -2.14. The molecule has 0 aliphatic rings. The second kappa shape index (κ2) is 9.14. The standard InChI is InChI=1S/C21H19FN2O3S/c1-14(24-21(26)19-3-2-12-28-19)20(25)23-13-15-4-8-17(9-5-15)27-18-10-6-16(22)7-11-18/h2-12,14H,13H2,1H3,(H,23,25)(H,24,26). The van der Waals surface area contributed by atoms with E-state index in [1.54, 1.807) is 43.3 Å². The van der Waals surface area contributed by atoms with E-state index >= 15 is 0 Å². The van der Waals surface area contributed by atoms with Crippen LogP contribution >= 0.6 is 11.3 Å². The number of amides is 2. The third-order valence-electron chi connectivity index (χ3n) is 3.93. The van der Waals surface area contributed by atoms with Gasteiger partial charge in [0.2, 0.25) is 5.91 Å². The molecule has 2 aromatic carbocycles. The Bertz CT molecular complexity index is 925. The lowest BCUT2D eigenvalue weighted by atomic mass is 10.2. The summed E-state index contributed by atoms with van der Waals surface area (Å²) in [5.74, 6) is 0.298. The normalized spacial score (nSPS) is 11.5. The SMILES string of the molecule is CC(NC(=O)c1cccs1)C(=O)NCc1ccc(Oc2ccc(F)cc2)cc1. The van der Waals surface area contributed by atoms with Crippen LogP contribution in [0.15, 0.2) is 66.0 Å². The Morgan fingerprint density at radius 3 is 2.29 bits per heavy atom. The molecule has 2 amide bonds. The van der Waals surface area contributed by atoms with Gasteiger partial charge < -0.3 is 15.4 Å². The van der Waals surface area contributed by atoms with Crippen molar-refractivity contribution < 1.29 is 18.7 Å². The number of hydrogen-bond donors (Lipinski definition) is 2. The Morgan fingerprint density at radius 2 is 1.68 bits per heavy atom. The molecule has 0 saturated heterocycles. The fourth-order valence-electron chi connectivity index (χ4n) is 2.40. The van der Waals surface area contributed by atoms with Gasteiger partial charge in [-0.1, -0.05) is 18.2 Å². The Hall–Kier alpha value is -3.19. The first kappa shape index (κ1) is 19.6. The summed E-state index contributed by atoms with van der Waals surface area (Å²) >= 11 is 1.32. The summed E-state index contributed by atoms with van der Waals surface area (Å²) in [6.07, 6.45) is 0.